The van der Waals surface area contributed by atoms with E-state index in [2.05, 4.69) is 21.7 Å². The average molecular weight is 421 g/mol. The summed E-state index contributed by atoms with van der Waals surface area (Å²) in [4.78, 5) is 27.3. The van der Waals surface area contributed by atoms with Crippen LogP contribution in [0.2, 0.25) is 0 Å². The Labute approximate surface area is 178 Å². The van der Waals surface area contributed by atoms with Gasteiger partial charge in [-0.05, 0) is 44.9 Å². The van der Waals surface area contributed by atoms with Gasteiger partial charge < -0.3 is 24.8 Å². The molecule has 166 valence electrons. The zero-order valence-corrected chi connectivity index (χ0v) is 18.6. The standard InChI is InChI=1S/C21H32N4O5/c1-7-9-19(28-15(5)26)30-21-17(12-22)13(3)11-18(25-21)24-20(29-16(6)27)14(4)23-10-8-2/h11,14,19-20,23H,7-10H2,1-6H3,(H,24,25). The van der Waals surface area contributed by atoms with Gasteiger partial charge in [-0.2, -0.15) is 10.2 Å². The van der Waals surface area contributed by atoms with Crippen molar-refractivity contribution in [1.82, 2.24) is 10.3 Å². The summed E-state index contributed by atoms with van der Waals surface area (Å²) < 4.78 is 16.3. The number of aromatic nitrogens is 1. The first-order chi connectivity index (χ1) is 14.2. The van der Waals surface area contributed by atoms with Crippen LogP contribution < -0.4 is 15.4 Å². The highest BCUT2D eigenvalue weighted by Crippen LogP contribution is 2.25. The smallest absolute Gasteiger partial charge is 0.305 e. The Morgan fingerprint density at radius 2 is 1.87 bits per heavy atom. The number of carbonyl (C=O) groups excluding carboxylic acids is 2. The highest BCUT2D eigenvalue weighted by atomic mass is 16.7. The first-order valence-electron chi connectivity index (χ1n) is 10.1. The number of rotatable bonds is 12. The molecule has 3 atom stereocenters. The Kier molecular flexibility index (Phi) is 10.6. The summed E-state index contributed by atoms with van der Waals surface area (Å²) in [7, 11) is 0. The van der Waals surface area contributed by atoms with Gasteiger partial charge in [0.25, 0.3) is 0 Å². The van der Waals surface area contributed by atoms with Crippen molar-refractivity contribution >= 4 is 17.8 Å². The Balaban J connectivity index is 3.18. The van der Waals surface area contributed by atoms with Crippen LogP contribution in [0.15, 0.2) is 6.07 Å². The third-order valence-corrected chi connectivity index (χ3v) is 4.11. The number of nitrogens with one attached hydrogen (secondary N) is 2. The van der Waals surface area contributed by atoms with Crippen LogP contribution in [0, 0.1) is 18.3 Å². The van der Waals surface area contributed by atoms with Crippen LogP contribution in [0.5, 0.6) is 5.88 Å². The summed E-state index contributed by atoms with van der Waals surface area (Å²) in [5.74, 6) is -0.493. The van der Waals surface area contributed by atoms with Crippen LogP contribution >= 0.6 is 0 Å². The predicted octanol–water partition coefficient (Wildman–Crippen LogP) is 3.02. The van der Waals surface area contributed by atoms with Gasteiger partial charge in [-0.25, -0.2) is 0 Å². The van der Waals surface area contributed by atoms with E-state index in [0.29, 0.717) is 24.2 Å². The van der Waals surface area contributed by atoms with Gasteiger partial charge in [0.1, 0.15) is 17.5 Å². The minimum Gasteiger partial charge on any atom is -0.440 e. The summed E-state index contributed by atoms with van der Waals surface area (Å²) in [5, 5.41) is 15.9. The third kappa shape index (κ3) is 8.25. The normalized spacial score (nSPS) is 13.5. The number of esters is 2. The molecule has 1 rings (SSSR count). The number of aryl methyl sites for hydroxylation is 1. The number of pyridine rings is 1. The lowest BCUT2D eigenvalue weighted by atomic mass is 10.1. The van der Waals surface area contributed by atoms with Gasteiger partial charge in [-0.3, -0.25) is 9.59 Å². The number of nitriles is 1. The van der Waals surface area contributed by atoms with Gasteiger partial charge in [0.15, 0.2) is 6.23 Å². The molecule has 3 unspecified atom stereocenters. The SMILES string of the molecule is CCCNC(C)C(Nc1cc(C)c(C#N)c(OC(CCC)OC(C)=O)n1)OC(C)=O. The second-order valence-electron chi connectivity index (χ2n) is 6.98. The maximum Gasteiger partial charge on any atom is 0.305 e. The molecule has 1 aromatic heterocycles. The molecule has 0 aliphatic carbocycles. The molecule has 30 heavy (non-hydrogen) atoms. The van der Waals surface area contributed by atoms with E-state index < -0.39 is 24.5 Å². The second kappa shape index (κ2) is 12.6. The summed E-state index contributed by atoms with van der Waals surface area (Å²) >= 11 is 0. The van der Waals surface area contributed by atoms with Crippen LogP contribution in [-0.4, -0.2) is 42.0 Å². The van der Waals surface area contributed by atoms with Crippen molar-refractivity contribution in [2.24, 2.45) is 0 Å². The lowest BCUT2D eigenvalue weighted by Gasteiger charge is -2.26. The largest absolute Gasteiger partial charge is 0.440 e. The minimum atomic E-state index is -0.851. The van der Waals surface area contributed by atoms with Crippen molar-refractivity contribution in [3.8, 4) is 11.9 Å². The van der Waals surface area contributed by atoms with Crippen LogP contribution in [0.25, 0.3) is 0 Å². The third-order valence-electron chi connectivity index (χ3n) is 4.11. The van der Waals surface area contributed by atoms with Crippen molar-refractivity contribution < 1.29 is 23.8 Å². The molecule has 9 heteroatoms. The van der Waals surface area contributed by atoms with Crippen molar-refractivity contribution in [3.05, 3.63) is 17.2 Å². The highest BCUT2D eigenvalue weighted by molar-refractivity contribution is 5.67. The molecule has 1 heterocycles. The average Bonchev–Trinajstić information content (AvgIpc) is 2.64. The summed E-state index contributed by atoms with van der Waals surface area (Å²) in [6, 6.07) is 3.56. The molecular weight excluding hydrogens is 388 g/mol. The summed E-state index contributed by atoms with van der Waals surface area (Å²) in [5.41, 5.74) is 0.869. The number of anilines is 1. The predicted molar refractivity (Wildman–Crippen MR) is 112 cm³/mol. The van der Waals surface area contributed by atoms with Crippen molar-refractivity contribution in [2.45, 2.75) is 79.4 Å². The second-order valence-corrected chi connectivity index (χ2v) is 6.98. The van der Waals surface area contributed by atoms with Crippen LogP contribution in [-0.2, 0) is 19.1 Å². The van der Waals surface area contributed by atoms with Gasteiger partial charge in [0.2, 0.25) is 12.2 Å². The van der Waals surface area contributed by atoms with E-state index in [-0.39, 0.29) is 17.5 Å². The van der Waals surface area contributed by atoms with E-state index >= 15 is 0 Å². The van der Waals surface area contributed by atoms with E-state index in [1.165, 1.54) is 13.8 Å². The van der Waals surface area contributed by atoms with Gasteiger partial charge >= 0.3 is 11.9 Å². The Morgan fingerprint density at radius 3 is 2.40 bits per heavy atom. The molecule has 0 aliphatic heterocycles. The molecule has 0 aromatic carbocycles. The topological polar surface area (TPSA) is 123 Å². The molecule has 0 saturated heterocycles. The van der Waals surface area contributed by atoms with Crippen LogP contribution in [0.4, 0.5) is 5.82 Å². The molecule has 1 aromatic rings. The van der Waals surface area contributed by atoms with Gasteiger partial charge in [-0.15, -0.1) is 0 Å². The lowest BCUT2D eigenvalue weighted by Crippen LogP contribution is -2.45. The molecule has 2 N–H and O–H groups in total. The molecule has 0 spiro atoms. The van der Waals surface area contributed by atoms with Gasteiger partial charge in [-0.1, -0.05) is 13.8 Å². The number of carbonyl (C=O) groups is 2. The summed E-state index contributed by atoms with van der Waals surface area (Å²) in [6.45, 7) is 11.0. The summed E-state index contributed by atoms with van der Waals surface area (Å²) in [6.07, 6.45) is 0.568. The Bertz CT molecular complexity index is 762. The zero-order valence-electron chi connectivity index (χ0n) is 18.6. The Morgan fingerprint density at radius 1 is 1.20 bits per heavy atom. The molecule has 0 radical (unpaired) electrons. The fraction of sp³-hybridized carbons (Fsp3) is 0.619. The minimum absolute atomic E-state index is 0.0513. The van der Waals surface area contributed by atoms with E-state index in [9.17, 15) is 14.9 Å². The number of ether oxygens (including phenoxy) is 3. The van der Waals surface area contributed by atoms with Crippen LogP contribution in [0.1, 0.15) is 65.0 Å². The molecular formula is C21H32N4O5. The first kappa shape index (κ1) is 25.2. The van der Waals surface area contributed by atoms with Crippen molar-refractivity contribution in [3.63, 3.8) is 0 Å². The maximum absolute atomic E-state index is 11.6. The Hall–Kier alpha value is -2.86. The quantitative estimate of drug-likeness (QED) is 0.388. The molecule has 0 fully saturated rings. The van der Waals surface area contributed by atoms with Crippen LogP contribution in [0.3, 0.4) is 0 Å². The van der Waals surface area contributed by atoms with E-state index in [1.54, 1.807) is 13.0 Å². The first-order valence-corrected chi connectivity index (χ1v) is 10.1. The van der Waals surface area contributed by atoms with E-state index in [0.717, 1.165) is 13.0 Å². The van der Waals surface area contributed by atoms with Crippen molar-refractivity contribution in [2.75, 3.05) is 11.9 Å². The van der Waals surface area contributed by atoms with E-state index in [1.807, 2.05) is 20.8 Å². The number of hydrogen-bond donors (Lipinski definition) is 2. The fourth-order valence-electron chi connectivity index (χ4n) is 2.69. The number of nitrogens with zero attached hydrogens (tertiary/aromatic N) is 2. The molecule has 0 saturated carbocycles. The number of hydrogen-bond acceptors (Lipinski definition) is 9. The molecule has 9 nitrogen and oxygen atoms in total. The van der Waals surface area contributed by atoms with Gasteiger partial charge in [0.05, 0.1) is 6.04 Å². The van der Waals surface area contributed by atoms with Crippen molar-refractivity contribution in [1.29, 1.82) is 5.26 Å². The highest BCUT2D eigenvalue weighted by Gasteiger charge is 2.23. The van der Waals surface area contributed by atoms with E-state index in [4.69, 9.17) is 14.2 Å². The lowest BCUT2D eigenvalue weighted by molar-refractivity contribution is -0.162. The zero-order chi connectivity index (χ0) is 22.7. The molecule has 0 bridgehead atoms. The maximum atomic E-state index is 11.6. The monoisotopic (exact) mass is 420 g/mol. The molecule has 0 aliphatic rings. The fourth-order valence-corrected chi connectivity index (χ4v) is 2.69. The molecule has 0 amide bonds. The van der Waals surface area contributed by atoms with Gasteiger partial charge in [0, 0.05) is 20.3 Å².